The van der Waals surface area contributed by atoms with Gasteiger partial charge in [0.25, 0.3) is 11.8 Å². The molecular formula is C29H30N4O2S. The van der Waals surface area contributed by atoms with Crippen molar-refractivity contribution in [2.45, 2.75) is 51.0 Å². The van der Waals surface area contributed by atoms with Crippen LogP contribution >= 0.6 is 11.3 Å². The molecule has 1 spiro atoms. The molecule has 2 saturated carbocycles. The Labute approximate surface area is 215 Å². The van der Waals surface area contributed by atoms with Crippen LogP contribution in [0.4, 0.5) is 11.5 Å². The van der Waals surface area contributed by atoms with E-state index in [0.29, 0.717) is 30.1 Å². The summed E-state index contributed by atoms with van der Waals surface area (Å²) in [6.45, 7) is 2.60. The molecular weight excluding hydrogens is 468 g/mol. The zero-order chi connectivity index (χ0) is 24.3. The zero-order valence-electron chi connectivity index (χ0n) is 20.3. The maximum atomic E-state index is 13.8. The van der Waals surface area contributed by atoms with Crippen molar-refractivity contribution in [3.05, 3.63) is 64.7 Å². The van der Waals surface area contributed by atoms with E-state index in [1.165, 1.54) is 37.0 Å². The summed E-state index contributed by atoms with van der Waals surface area (Å²) in [6.07, 6.45) is 8.06. The minimum absolute atomic E-state index is 0.0207. The number of nitrogens with one attached hydrogen (secondary N) is 1. The largest absolute Gasteiger partial charge is 0.357 e. The first-order valence-corrected chi connectivity index (χ1v) is 14.0. The van der Waals surface area contributed by atoms with E-state index in [4.69, 9.17) is 4.98 Å². The molecule has 2 aliphatic heterocycles. The number of carbonyl (C=O) groups excluding carboxylic acids is 2. The van der Waals surface area contributed by atoms with E-state index < -0.39 is 0 Å². The highest BCUT2D eigenvalue weighted by atomic mass is 32.1. The number of nitrogens with zero attached hydrogens (tertiary/aromatic N) is 3. The maximum Gasteiger partial charge on any atom is 0.276 e. The lowest BCUT2D eigenvalue weighted by molar-refractivity contribution is 0.0952. The van der Waals surface area contributed by atoms with Gasteiger partial charge in [-0.3, -0.25) is 9.59 Å². The van der Waals surface area contributed by atoms with E-state index in [1.807, 2.05) is 47.4 Å². The Morgan fingerprint density at radius 1 is 0.972 bits per heavy atom. The quantitative estimate of drug-likeness (QED) is 0.531. The van der Waals surface area contributed by atoms with Crippen LogP contribution in [-0.2, 0) is 6.42 Å². The highest BCUT2D eigenvalue weighted by Crippen LogP contribution is 2.53. The van der Waals surface area contributed by atoms with Crippen molar-refractivity contribution in [1.29, 1.82) is 0 Å². The minimum Gasteiger partial charge on any atom is -0.357 e. The molecule has 3 aromatic rings. The number of thiophene rings is 1. The molecule has 1 aromatic carbocycles. The SMILES string of the molecule is O=C(NC1CC1)c1cc2c(s1)-c1ccccc1N(C(=O)c1cccc(N3CCC4(CC3)CC4)n1)CC2. The van der Waals surface area contributed by atoms with Gasteiger partial charge in [-0.25, -0.2) is 4.98 Å². The van der Waals surface area contributed by atoms with Gasteiger partial charge in [0.1, 0.15) is 11.5 Å². The molecule has 4 aliphatic rings. The predicted molar refractivity (Wildman–Crippen MR) is 143 cm³/mol. The number of para-hydroxylation sites is 1. The molecule has 0 atom stereocenters. The average molecular weight is 499 g/mol. The average Bonchev–Trinajstić information content (AvgIpc) is 3.84. The van der Waals surface area contributed by atoms with Gasteiger partial charge < -0.3 is 15.1 Å². The first kappa shape index (κ1) is 22.0. The Kier molecular flexibility index (Phi) is 5.17. The summed E-state index contributed by atoms with van der Waals surface area (Å²) in [6, 6.07) is 16.2. The number of benzene rings is 1. The predicted octanol–water partition coefficient (Wildman–Crippen LogP) is 5.29. The van der Waals surface area contributed by atoms with E-state index >= 15 is 0 Å². The van der Waals surface area contributed by atoms with E-state index in [2.05, 4.69) is 16.3 Å². The Morgan fingerprint density at radius 3 is 2.56 bits per heavy atom. The zero-order valence-corrected chi connectivity index (χ0v) is 21.2. The third-order valence-electron chi connectivity index (χ3n) is 8.29. The summed E-state index contributed by atoms with van der Waals surface area (Å²) >= 11 is 1.53. The van der Waals surface area contributed by atoms with Gasteiger partial charge in [-0.1, -0.05) is 24.3 Å². The molecule has 36 heavy (non-hydrogen) atoms. The number of rotatable bonds is 4. The molecule has 3 fully saturated rings. The molecule has 184 valence electrons. The highest BCUT2D eigenvalue weighted by molar-refractivity contribution is 7.17. The molecule has 0 radical (unpaired) electrons. The summed E-state index contributed by atoms with van der Waals surface area (Å²) in [4.78, 5) is 37.4. The van der Waals surface area contributed by atoms with Gasteiger partial charge in [0.05, 0.1) is 10.6 Å². The standard InChI is InChI=1S/C29H30N4O2S/c34-27(30-20-8-9-20)24-18-19-10-15-33(23-6-2-1-4-21(23)26(19)36-24)28(35)22-5-3-7-25(31-22)32-16-13-29(11-12-29)14-17-32/h1-7,18,20H,8-17H2,(H,30,34). The Bertz CT molecular complexity index is 1350. The third kappa shape index (κ3) is 3.99. The number of hydrogen-bond donors (Lipinski definition) is 1. The fourth-order valence-corrected chi connectivity index (χ4v) is 6.79. The van der Waals surface area contributed by atoms with Gasteiger partial charge in [0.2, 0.25) is 0 Å². The molecule has 2 aliphatic carbocycles. The third-order valence-corrected chi connectivity index (χ3v) is 9.50. The number of pyridine rings is 1. The van der Waals surface area contributed by atoms with Gasteiger partial charge >= 0.3 is 0 Å². The van der Waals surface area contributed by atoms with E-state index in [0.717, 1.165) is 58.3 Å². The van der Waals surface area contributed by atoms with Gasteiger partial charge in [-0.15, -0.1) is 11.3 Å². The van der Waals surface area contributed by atoms with Crippen molar-refractivity contribution in [3.63, 3.8) is 0 Å². The van der Waals surface area contributed by atoms with Gasteiger partial charge in [0.15, 0.2) is 0 Å². The second kappa shape index (κ2) is 8.44. The molecule has 1 N–H and O–H groups in total. The molecule has 4 heterocycles. The van der Waals surface area contributed by atoms with Crippen LogP contribution in [-0.4, -0.2) is 42.5 Å². The van der Waals surface area contributed by atoms with Crippen molar-refractivity contribution in [3.8, 4) is 10.4 Å². The monoisotopic (exact) mass is 498 g/mol. The number of anilines is 2. The van der Waals surface area contributed by atoms with Crippen molar-refractivity contribution in [2.75, 3.05) is 29.4 Å². The smallest absolute Gasteiger partial charge is 0.276 e. The fraction of sp³-hybridized carbons (Fsp3) is 0.414. The van der Waals surface area contributed by atoms with Crippen molar-refractivity contribution >= 4 is 34.7 Å². The van der Waals surface area contributed by atoms with Crippen LogP contribution in [0.2, 0.25) is 0 Å². The molecule has 2 amide bonds. The van der Waals surface area contributed by atoms with Crippen molar-refractivity contribution in [1.82, 2.24) is 10.3 Å². The van der Waals surface area contributed by atoms with Gasteiger partial charge in [-0.05, 0) is 80.2 Å². The lowest BCUT2D eigenvalue weighted by Crippen LogP contribution is -2.36. The maximum absolute atomic E-state index is 13.8. The molecule has 1 saturated heterocycles. The van der Waals surface area contributed by atoms with Crippen LogP contribution in [0.25, 0.3) is 10.4 Å². The normalized spacial score (nSPS) is 19.9. The molecule has 7 rings (SSSR count). The van der Waals surface area contributed by atoms with E-state index in [-0.39, 0.29) is 11.8 Å². The minimum atomic E-state index is -0.0678. The Balaban J connectivity index is 1.16. The lowest BCUT2D eigenvalue weighted by Gasteiger charge is -2.33. The summed E-state index contributed by atoms with van der Waals surface area (Å²) in [5, 5.41) is 3.10. The fourth-order valence-electron chi connectivity index (χ4n) is 5.65. The van der Waals surface area contributed by atoms with E-state index in [1.54, 1.807) is 0 Å². The van der Waals surface area contributed by atoms with Crippen LogP contribution in [0.5, 0.6) is 0 Å². The van der Waals surface area contributed by atoms with Crippen LogP contribution in [0, 0.1) is 5.41 Å². The van der Waals surface area contributed by atoms with E-state index in [9.17, 15) is 9.59 Å². The van der Waals surface area contributed by atoms with Crippen LogP contribution in [0.1, 0.15) is 64.2 Å². The highest BCUT2D eigenvalue weighted by Gasteiger charge is 2.44. The number of carbonyl (C=O) groups is 2. The van der Waals surface area contributed by atoms with Crippen molar-refractivity contribution in [2.24, 2.45) is 5.41 Å². The molecule has 0 unspecified atom stereocenters. The van der Waals surface area contributed by atoms with Gasteiger partial charge in [-0.2, -0.15) is 0 Å². The Morgan fingerprint density at radius 2 is 1.78 bits per heavy atom. The number of hydrogen-bond acceptors (Lipinski definition) is 5. The van der Waals surface area contributed by atoms with Crippen LogP contribution in [0.3, 0.4) is 0 Å². The van der Waals surface area contributed by atoms with Crippen LogP contribution in [0.15, 0.2) is 48.5 Å². The second-order valence-corrected chi connectivity index (χ2v) is 11.9. The topological polar surface area (TPSA) is 65.5 Å². The van der Waals surface area contributed by atoms with Crippen LogP contribution < -0.4 is 15.1 Å². The number of aromatic nitrogens is 1. The number of amides is 2. The summed E-state index contributed by atoms with van der Waals surface area (Å²) < 4.78 is 0. The number of piperidine rings is 1. The summed E-state index contributed by atoms with van der Waals surface area (Å²) in [7, 11) is 0. The molecule has 6 nitrogen and oxygen atoms in total. The molecule has 7 heteroatoms. The first-order chi connectivity index (χ1) is 17.6. The lowest BCUT2D eigenvalue weighted by atomic mass is 9.94. The number of fused-ring (bicyclic) bond motifs is 3. The first-order valence-electron chi connectivity index (χ1n) is 13.2. The second-order valence-electron chi connectivity index (χ2n) is 10.8. The molecule has 0 bridgehead atoms. The van der Waals surface area contributed by atoms with Crippen molar-refractivity contribution < 1.29 is 9.59 Å². The summed E-state index contributed by atoms with van der Waals surface area (Å²) in [5.41, 5.74) is 4.13. The molecule has 2 aromatic heterocycles. The van der Waals surface area contributed by atoms with Gasteiger partial charge in [0, 0.05) is 36.1 Å². The Hall–Kier alpha value is -3.19. The summed E-state index contributed by atoms with van der Waals surface area (Å²) in [5.74, 6) is 0.860.